The fourth-order valence-electron chi connectivity index (χ4n) is 3.65. The van der Waals surface area contributed by atoms with E-state index in [9.17, 15) is 9.90 Å². The van der Waals surface area contributed by atoms with Crippen molar-refractivity contribution in [2.24, 2.45) is 0 Å². The van der Waals surface area contributed by atoms with Gasteiger partial charge in [0.15, 0.2) is 0 Å². The van der Waals surface area contributed by atoms with Crippen LogP contribution in [0.15, 0.2) is 24.3 Å². The van der Waals surface area contributed by atoms with Gasteiger partial charge < -0.3 is 5.11 Å². The molecule has 1 N–H and O–H groups in total. The lowest BCUT2D eigenvalue weighted by Gasteiger charge is -2.49. The standard InChI is InChI=1S/C17H24N2O2/c1-13-6-4-5-9-19(13)15-11-18(12-15)10-14-7-2-3-8-16(14)17(20)21/h2-3,7-8,13,15H,4-6,9-12H2,1H3,(H,20,21)/t13-/m1/s1. The minimum atomic E-state index is -0.827. The highest BCUT2D eigenvalue weighted by Crippen LogP contribution is 2.26. The Morgan fingerprint density at radius 3 is 2.76 bits per heavy atom. The summed E-state index contributed by atoms with van der Waals surface area (Å²) < 4.78 is 0. The predicted octanol–water partition coefficient (Wildman–Crippen LogP) is 2.44. The van der Waals surface area contributed by atoms with Crippen molar-refractivity contribution in [1.29, 1.82) is 0 Å². The van der Waals surface area contributed by atoms with Crippen molar-refractivity contribution in [3.63, 3.8) is 0 Å². The van der Waals surface area contributed by atoms with E-state index < -0.39 is 5.97 Å². The first kappa shape index (κ1) is 14.5. The second-order valence-electron chi connectivity index (χ2n) is 6.39. The fourth-order valence-corrected chi connectivity index (χ4v) is 3.65. The molecule has 2 saturated heterocycles. The number of piperidine rings is 1. The topological polar surface area (TPSA) is 43.8 Å². The summed E-state index contributed by atoms with van der Waals surface area (Å²) in [5, 5.41) is 9.23. The molecule has 1 atom stereocenters. The maximum Gasteiger partial charge on any atom is 0.336 e. The first-order valence-electron chi connectivity index (χ1n) is 7.94. The third kappa shape index (κ3) is 3.11. The maximum atomic E-state index is 11.2. The third-order valence-electron chi connectivity index (χ3n) is 4.90. The van der Waals surface area contributed by atoms with Crippen molar-refractivity contribution in [3.05, 3.63) is 35.4 Å². The number of hydrogen-bond acceptors (Lipinski definition) is 3. The number of carboxylic acids is 1. The summed E-state index contributed by atoms with van der Waals surface area (Å²) in [6.45, 7) is 6.45. The van der Waals surface area contributed by atoms with E-state index in [2.05, 4.69) is 16.7 Å². The van der Waals surface area contributed by atoms with Crippen LogP contribution in [0.1, 0.15) is 42.1 Å². The molecular formula is C17H24N2O2. The molecule has 21 heavy (non-hydrogen) atoms. The Morgan fingerprint density at radius 1 is 1.29 bits per heavy atom. The summed E-state index contributed by atoms with van der Waals surface area (Å²) >= 11 is 0. The Kier molecular flexibility index (Phi) is 4.27. The molecule has 0 amide bonds. The first-order valence-corrected chi connectivity index (χ1v) is 7.94. The molecule has 2 fully saturated rings. The van der Waals surface area contributed by atoms with Gasteiger partial charge in [0.2, 0.25) is 0 Å². The zero-order valence-corrected chi connectivity index (χ0v) is 12.7. The molecule has 2 aliphatic heterocycles. The Balaban J connectivity index is 1.56. The van der Waals surface area contributed by atoms with Crippen molar-refractivity contribution in [1.82, 2.24) is 9.80 Å². The average Bonchev–Trinajstić information content (AvgIpc) is 2.44. The lowest BCUT2D eigenvalue weighted by Crippen LogP contribution is -2.61. The molecule has 1 aromatic rings. The highest BCUT2D eigenvalue weighted by molar-refractivity contribution is 5.89. The number of benzene rings is 1. The SMILES string of the molecule is C[C@@H]1CCCCN1C1CN(Cc2ccccc2C(=O)O)C1. The van der Waals surface area contributed by atoms with E-state index in [1.165, 1.54) is 25.8 Å². The van der Waals surface area contributed by atoms with E-state index in [1.807, 2.05) is 12.1 Å². The van der Waals surface area contributed by atoms with Crippen LogP contribution in [0.3, 0.4) is 0 Å². The van der Waals surface area contributed by atoms with Gasteiger partial charge in [0, 0.05) is 31.7 Å². The number of carbonyl (C=O) groups is 1. The van der Waals surface area contributed by atoms with Crippen molar-refractivity contribution >= 4 is 5.97 Å². The van der Waals surface area contributed by atoms with E-state index in [1.54, 1.807) is 12.1 Å². The van der Waals surface area contributed by atoms with Gasteiger partial charge in [-0.1, -0.05) is 24.6 Å². The minimum Gasteiger partial charge on any atom is -0.478 e. The normalized spacial score (nSPS) is 24.7. The van der Waals surface area contributed by atoms with Crippen LogP contribution in [-0.4, -0.2) is 52.6 Å². The number of aromatic carboxylic acids is 1. The molecule has 2 aliphatic rings. The molecule has 4 nitrogen and oxygen atoms in total. The molecule has 3 rings (SSSR count). The van der Waals surface area contributed by atoms with Gasteiger partial charge in [0.1, 0.15) is 0 Å². The molecule has 0 bridgehead atoms. The molecule has 0 aliphatic carbocycles. The van der Waals surface area contributed by atoms with Crippen molar-refractivity contribution in [2.75, 3.05) is 19.6 Å². The van der Waals surface area contributed by atoms with Crippen LogP contribution in [0.4, 0.5) is 0 Å². The smallest absolute Gasteiger partial charge is 0.336 e. The highest BCUT2D eigenvalue weighted by atomic mass is 16.4. The van der Waals surface area contributed by atoms with E-state index in [0.29, 0.717) is 17.6 Å². The molecule has 0 spiro atoms. The van der Waals surface area contributed by atoms with Gasteiger partial charge in [-0.2, -0.15) is 0 Å². The van der Waals surface area contributed by atoms with Gasteiger partial charge >= 0.3 is 5.97 Å². The van der Waals surface area contributed by atoms with Crippen molar-refractivity contribution in [3.8, 4) is 0 Å². The lowest BCUT2D eigenvalue weighted by atomic mass is 9.96. The van der Waals surface area contributed by atoms with Crippen LogP contribution in [0.5, 0.6) is 0 Å². The van der Waals surface area contributed by atoms with Crippen molar-refractivity contribution < 1.29 is 9.90 Å². The number of carboxylic acid groups (broad SMARTS) is 1. The van der Waals surface area contributed by atoms with Gasteiger partial charge in [-0.3, -0.25) is 9.80 Å². The Hall–Kier alpha value is -1.39. The zero-order chi connectivity index (χ0) is 14.8. The van der Waals surface area contributed by atoms with E-state index >= 15 is 0 Å². The molecule has 0 saturated carbocycles. The number of rotatable bonds is 4. The van der Waals surface area contributed by atoms with Gasteiger partial charge in [-0.05, 0) is 37.9 Å². The molecule has 1 aromatic carbocycles. The summed E-state index contributed by atoms with van der Waals surface area (Å²) in [4.78, 5) is 16.2. The van der Waals surface area contributed by atoms with E-state index in [0.717, 1.165) is 25.2 Å². The van der Waals surface area contributed by atoms with Crippen molar-refractivity contribution in [2.45, 2.75) is 44.8 Å². The van der Waals surface area contributed by atoms with Crippen LogP contribution in [0.25, 0.3) is 0 Å². The van der Waals surface area contributed by atoms with Crippen LogP contribution < -0.4 is 0 Å². The van der Waals surface area contributed by atoms with E-state index in [4.69, 9.17) is 0 Å². The quantitative estimate of drug-likeness (QED) is 0.924. The maximum absolute atomic E-state index is 11.2. The van der Waals surface area contributed by atoms with Gasteiger partial charge in [0.05, 0.1) is 5.56 Å². The number of hydrogen-bond donors (Lipinski definition) is 1. The fraction of sp³-hybridized carbons (Fsp3) is 0.588. The Morgan fingerprint density at radius 2 is 2.05 bits per heavy atom. The zero-order valence-electron chi connectivity index (χ0n) is 12.7. The predicted molar refractivity (Wildman–Crippen MR) is 82.5 cm³/mol. The van der Waals surface area contributed by atoms with Crippen LogP contribution in [0, 0.1) is 0 Å². The second kappa shape index (κ2) is 6.16. The third-order valence-corrected chi connectivity index (χ3v) is 4.90. The number of nitrogens with zero attached hydrogens (tertiary/aromatic N) is 2. The summed E-state index contributed by atoms with van der Waals surface area (Å²) in [6.07, 6.45) is 4.00. The minimum absolute atomic E-state index is 0.437. The lowest BCUT2D eigenvalue weighted by molar-refractivity contribution is -0.00634. The Bertz CT molecular complexity index is 511. The molecule has 114 valence electrons. The summed E-state index contributed by atoms with van der Waals surface area (Å²) in [6, 6.07) is 8.71. The highest BCUT2D eigenvalue weighted by Gasteiger charge is 2.35. The second-order valence-corrected chi connectivity index (χ2v) is 6.39. The number of likely N-dealkylation sites (tertiary alicyclic amines) is 2. The molecule has 0 aromatic heterocycles. The van der Waals surface area contributed by atoms with Gasteiger partial charge in [-0.25, -0.2) is 4.79 Å². The van der Waals surface area contributed by atoms with Crippen LogP contribution >= 0.6 is 0 Å². The molecule has 0 unspecified atom stereocenters. The summed E-state index contributed by atoms with van der Waals surface area (Å²) in [7, 11) is 0. The van der Waals surface area contributed by atoms with Crippen LogP contribution in [0.2, 0.25) is 0 Å². The summed E-state index contributed by atoms with van der Waals surface area (Å²) in [5.74, 6) is -0.827. The molecular weight excluding hydrogens is 264 g/mol. The van der Waals surface area contributed by atoms with E-state index in [-0.39, 0.29) is 0 Å². The van der Waals surface area contributed by atoms with Gasteiger partial charge in [-0.15, -0.1) is 0 Å². The Labute approximate surface area is 126 Å². The molecule has 0 radical (unpaired) electrons. The monoisotopic (exact) mass is 288 g/mol. The first-order chi connectivity index (χ1) is 10.1. The molecule has 2 heterocycles. The van der Waals surface area contributed by atoms with Gasteiger partial charge in [0.25, 0.3) is 0 Å². The molecule has 4 heteroatoms. The summed E-state index contributed by atoms with van der Waals surface area (Å²) in [5.41, 5.74) is 1.36. The average molecular weight is 288 g/mol. The largest absolute Gasteiger partial charge is 0.478 e. The van der Waals surface area contributed by atoms with Crippen LogP contribution in [-0.2, 0) is 6.54 Å².